The minimum atomic E-state index is -2.17. The van der Waals surface area contributed by atoms with Gasteiger partial charge in [-0.2, -0.15) is 0 Å². The van der Waals surface area contributed by atoms with Crippen LogP contribution in [0.4, 0.5) is 0 Å². The number of nitrogens with zero attached hydrogens (tertiary/aromatic N) is 3. The summed E-state index contributed by atoms with van der Waals surface area (Å²) >= 11 is 0. The van der Waals surface area contributed by atoms with E-state index in [0.29, 0.717) is 5.52 Å². The van der Waals surface area contributed by atoms with E-state index in [4.69, 9.17) is 0 Å². The Morgan fingerprint density at radius 2 is 2.32 bits per heavy atom. The summed E-state index contributed by atoms with van der Waals surface area (Å²) in [5.41, 5.74) is -2.28. The van der Waals surface area contributed by atoms with E-state index in [9.17, 15) is 14.7 Å². The number of pyridine rings is 1. The average molecular weight is 259 g/mol. The normalized spacial score (nSPS) is 20.5. The fraction of sp³-hybridized carbons (Fsp3) is 0.167. The van der Waals surface area contributed by atoms with E-state index < -0.39 is 17.3 Å². The van der Waals surface area contributed by atoms with Gasteiger partial charge in [0.2, 0.25) is 0 Å². The molecular weight excluding hydrogens is 250 g/mol. The van der Waals surface area contributed by atoms with E-state index in [1.54, 1.807) is 12.1 Å². The van der Waals surface area contributed by atoms with E-state index in [1.807, 2.05) is 0 Å². The molecule has 1 N–H and O–H groups in total. The smallest absolute Gasteiger partial charge is 0.364 e. The van der Waals surface area contributed by atoms with Gasteiger partial charge >= 0.3 is 5.97 Å². The first-order chi connectivity index (χ1) is 9.08. The van der Waals surface area contributed by atoms with E-state index in [1.165, 1.54) is 18.3 Å². The number of fused-ring (bicyclic) bond motifs is 2. The molecular formula is C12H9N3O4. The lowest BCUT2D eigenvalue weighted by Gasteiger charge is -2.21. The van der Waals surface area contributed by atoms with E-state index in [2.05, 4.69) is 14.7 Å². The topological polar surface area (TPSA) is 94.3 Å². The molecule has 96 valence electrons. The van der Waals surface area contributed by atoms with Gasteiger partial charge in [0.25, 0.3) is 11.3 Å². The molecule has 1 aliphatic heterocycles. The molecule has 0 aliphatic carbocycles. The molecule has 1 aliphatic rings. The number of aromatic nitrogens is 3. The standard InChI is InChI=1S/C12H9N3O4/c1-19-11(17)12(18)5-4-8-14-7-3-2-6-13-9(7)10(16)15(8)12/h2-6,18H,1H3/t12-/m0/s1. The van der Waals surface area contributed by atoms with Gasteiger partial charge in [0.05, 0.1) is 12.6 Å². The SMILES string of the molecule is COC(=O)[C@@]1(O)C=Cc2nc3cccnc3c(=O)n21. The number of carbonyl (C=O) groups is 1. The van der Waals surface area contributed by atoms with Crippen molar-refractivity contribution in [2.75, 3.05) is 7.11 Å². The van der Waals surface area contributed by atoms with Crippen LogP contribution in [-0.4, -0.2) is 32.7 Å². The first kappa shape index (κ1) is 11.5. The Morgan fingerprint density at radius 1 is 1.53 bits per heavy atom. The monoisotopic (exact) mass is 259 g/mol. The minimum Gasteiger partial charge on any atom is -0.465 e. The third-order valence-corrected chi connectivity index (χ3v) is 2.95. The zero-order chi connectivity index (χ0) is 13.6. The highest BCUT2D eigenvalue weighted by atomic mass is 16.5. The zero-order valence-corrected chi connectivity index (χ0v) is 9.90. The van der Waals surface area contributed by atoms with Crippen LogP contribution in [0.2, 0.25) is 0 Å². The maximum absolute atomic E-state index is 12.3. The highest BCUT2D eigenvalue weighted by Gasteiger charge is 2.43. The van der Waals surface area contributed by atoms with Gasteiger partial charge in [0.1, 0.15) is 5.82 Å². The largest absolute Gasteiger partial charge is 0.465 e. The Bertz CT molecular complexity index is 780. The minimum absolute atomic E-state index is 0.0808. The molecule has 1 atom stereocenters. The number of carbonyl (C=O) groups excluding carboxylic acids is 1. The molecule has 0 unspecified atom stereocenters. The molecule has 7 nitrogen and oxygen atoms in total. The van der Waals surface area contributed by atoms with Crippen molar-refractivity contribution < 1.29 is 14.6 Å². The van der Waals surface area contributed by atoms with E-state index >= 15 is 0 Å². The summed E-state index contributed by atoms with van der Waals surface area (Å²) in [6.07, 6.45) is 4.00. The number of rotatable bonds is 1. The summed E-state index contributed by atoms with van der Waals surface area (Å²) in [7, 11) is 1.13. The second-order valence-corrected chi connectivity index (χ2v) is 4.03. The Kier molecular flexibility index (Phi) is 2.26. The molecule has 0 aromatic carbocycles. The van der Waals surface area contributed by atoms with Gasteiger partial charge in [-0.3, -0.25) is 4.79 Å². The summed E-state index contributed by atoms with van der Waals surface area (Å²) in [4.78, 5) is 32.1. The van der Waals surface area contributed by atoms with Crippen LogP contribution in [0.3, 0.4) is 0 Å². The van der Waals surface area contributed by atoms with Crippen LogP contribution in [0.5, 0.6) is 0 Å². The molecule has 0 fully saturated rings. The third kappa shape index (κ3) is 1.42. The molecule has 0 radical (unpaired) electrons. The average Bonchev–Trinajstić information content (AvgIpc) is 2.77. The van der Waals surface area contributed by atoms with Gasteiger partial charge in [-0.05, 0) is 24.3 Å². The van der Waals surface area contributed by atoms with Crippen molar-refractivity contribution in [2.24, 2.45) is 0 Å². The van der Waals surface area contributed by atoms with Crippen LogP contribution in [0.15, 0.2) is 29.2 Å². The maximum Gasteiger partial charge on any atom is 0.364 e. The second-order valence-electron chi connectivity index (χ2n) is 4.03. The van der Waals surface area contributed by atoms with Crippen molar-refractivity contribution in [3.63, 3.8) is 0 Å². The second kappa shape index (κ2) is 3.72. The summed E-state index contributed by atoms with van der Waals surface area (Å²) in [6.45, 7) is 0. The Hall–Kier alpha value is -2.54. The molecule has 3 rings (SSSR count). The lowest BCUT2D eigenvalue weighted by Crippen LogP contribution is -2.45. The summed E-state index contributed by atoms with van der Waals surface area (Å²) in [5, 5.41) is 10.3. The lowest BCUT2D eigenvalue weighted by atomic mass is 10.2. The molecule has 7 heteroatoms. The Morgan fingerprint density at radius 3 is 3.05 bits per heavy atom. The van der Waals surface area contributed by atoms with Gasteiger partial charge in [-0.25, -0.2) is 19.3 Å². The summed E-state index contributed by atoms with van der Waals surface area (Å²) in [6, 6.07) is 3.28. The summed E-state index contributed by atoms with van der Waals surface area (Å²) < 4.78 is 5.38. The number of ether oxygens (including phenoxy) is 1. The van der Waals surface area contributed by atoms with Gasteiger partial charge in [0, 0.05) is 6.20 Å². The fourth-order valence-electron chi connectivity index (χ4n) is 2.05. The number of esters is 1. The molecule has 0 amide bonds. The van der Waals surface area contributed by atoms with Crippen LogP contribution >= 0.6 is 0 Å². The van der Waals surface area contributed by atoms with Crippen LogP contribution in [0.25, 0.3) is 17.1 Å². The van der Waals surface area contributed by atoms with Gasteiger partial charge in [-0.1, -0.05) is 0 Å². The van der Waals surface area contributed by atoms with Crippen LogP contribution in [-0.2, 0) is 15.3 Å². The molecule has 2 aromatic heterocycles. The first-order valence-electron chi connectivity index (χ1n) is 5.46. The van der Waals surface area contributed by atoms with Crippen molar-refractivity contribution in [1.82, 2.24) is 14.5 Å². The van der Waals surface area contributed by atoms with Crippen molar-refractivity contribution in [3.05, 3.63) is 40.6 Å². The van der Waals surface area contributed by atoms with Crippen LogP contribution < -0.4 is 5.56 Å². The highest BCUT2D eigenvalue weighted by molar-refractivity contribution is 5.84. The predicted molar refractivity (Wildman–Crippen MR) is 65.0 cm³/mol. The number of methoxy groups -OCH3 is 1. The number of hydrogen-bond donors (Lipinski definition) is 1. The van der Waals surface area contributed by atoms with Crippen LogP contribution in [0.1, 0.15) is 5.82 Å². The van der Waals surface area contributed by atoms with Gasteiger partial charge in [-0.15, -0.1) is 0 Å². The zero-order valence-electron chi connectivity index (χ0n) is 9.90. The van der Waals surface area contributed by atoms with Gasteiger partial charge < -0.3 is 9.84 Å². The highest BCUT2D eigenvalue weighted by Crippen LogP contribution is 2.25. The third-order valence-electron chi connectivity index (χ3n) is 2.95. The van der Waals surface area contributed by atoms with Crippen molar-refractivity contribution in [3.8, 4) is 0 Å². The maximum atomic E-state index is 12.3. The predicted octanol–water partition coefficient (Wildman–Crippen LogP) is -0.364. The van der Waals surface area contributed by atoms with Crippen molar-refractivity contribution >= 4 is 23.1 Å². The lowest BCUT2D eigenvalue weighted by molar-refractivity contribution is -0.166. The quantitative estimate of drug-likeness (QED) is 0.702. The molecule has 2 aromatic rings. The summed E-state index contributed by atoms with van der Waals surface area (Å²) in [5.74, 6) is -0.778. The number of aliphatic hydroxyl groups is 1. The molecule has 3 heterocycles. The van der Waals surface area contributed by atoms with Gasteiger partial charge in [0.15, 0.2) is 5.52 Å². The molecule has 19 heavy (non-hydrogen) atoms. The first-order valence-corrected chi connectivity index (χ1v) is 5.46. The number of hydrogen-bond acceptors (Lipinski definition) is 6. The van der Waals surface area contributed by atoms with Crippen LogP contribution in [0, 0.1) is 0 Å². The van der Waals surface area contributed by atoms with Crippen molar-refractivity contribution in [1.29, 1.82) is 0 Å². The molecule has 0 spiro atoms. The Balaban J connectivity index is 2.38. The Labute approximate surface area is 106 Å². The van der Waals surface area contributed by atoms with E-state index in [-0.39, 0.29) is 11.3 Å². The van der Waals surface area contributed by atoms with E-state index in [0.717, 1.165) is 11.7 Å². The molecule has 0 saturated carbocycles. The molecule has 0 bridgehead atoms. The molecule has 0 saturated heterocycles. The van der Waals surface area contributed by atoms with Crippen molar-refractivity contribution in [2.45, 2.75) is 5.72 Å². The fourth-order valence-corrected chi connectivity index (χ4v) is 2.05.